The van der Waals surface area contributed by atoms with Gasteiger partial charge in [0.1, 0.15) is 5.01 Å². The molecule has 0 fully saturated rings. The van der Waals surface area contributed by atoms with E-state index in [0.29, 0.717) is 6.54 Å². The number of guanidine groups is 1. The Morgan fingerprint density at radius 1 is 1.31 bits per heavy atom. The summed E-state index contributed by atoms with van der Waals surface area (Å²) < 4.78 is 0. The van der Waals surface area contributed by atoms with Crippen molar-refractivity contribution in [3.8, 4) is 0 Å². The van der Waals surface area contributed by atoms with Gasteiger partial charge in [-0.3, -0.25) is 4.99 Å². The monoisotopic (exact) mass is 372 g/mol. The first-order chi connectivity index (χ1) is 12.6. The number of hydrogen-bond donors (Lipinski definition) is 2. The lowest BCUT2D eigenvalue weighted by Gasteiger charge is -2.22. The topological polar surface area (TPSA) is 60.8 Å². The summed E-state index contributed by atoms with van der Waals surface area (Å²) in [5.41, 5.74) is 3.40. The number of aliphatic imine (C=N–C) groups is 1. The van der Waals surface area contributed by atoms with Gasteiger partial charge in [0.2, 0.25) is 0 Å². The van der Waals surface area contributed by atoms with Gasteiger partial charge in [-0.25, -0.2) is 4.98 Å². The summed E-state index contributed by atoms with van der Waals surface area (Å²) >= 11 is 1.83. The highest BCUT2D eigenvalue weighted by Gasteiger charge is 2.17. The van der Waals surface area contributed by atoms with Crippen LogP contribution in [-0.2, 0) is 19.4 Å². The molecule has 0 aliphatic heterocycles. The van der Waals surface area contributed by atoms with E-state index in [2.05, 4.69) is 15.2 Å². The van der Waals surface area contributed by atoms with Gasteiger partial charge in [-0.05, 0) is 38.2 Å². The summed E-state index contributed by atoms with van der Waals surface area (Å²) in [6.07, 6.45) is 4.27. The molecule has 0 spiro atoms. The number of nitrogens with zero attached hydrogens (tertiary/aromatic N) is 3. The van der Waals surface area contributed by atoms with Crippen LogP contribution < -0.4 is 5.32 Å². The molecule has 2 N–H and O–H groups in total. The highest BCUT2D eigenvalue weighted by Crippen LogP contribution is 2.27. The molecule has 3 rings (SSSR count). The van der Waals surface area contributed by atoms with Crippen molar-refractivity contribution in [1.29, 1.82) is 0 Å². The second kappa shape index (κ2) is 8.64. The van der Waals surface area contributed by atoms with Crippen molar-refractivity contribution >= 4 is 17.3 Å². The second-order valence-electron chi connectivity index (χ2n) is 6.90. The van der Waals surface area contributed by atoms with E-state index in [1.165, 1.54) is 35.4 Å². The number of aliphatic hydroxyl groups is 1. The molecular formula is C20H28N4OS. The maximum absolute atomic E-state index is 10.4. The summed E-state index contributed by atoms with van der Waals surface area (Å²) in [5.74, 6) is 0.768. The molecule has 2 aromatic rings. The van der Waals surface area contributed by atoms with Gasteiger partial charge in [0.15, 0.2) is 5.96 Å². The summed E-state index contributed by atoms with van der Waals surface area (Å²) in [6, 6.07) is 7.97. The standard InChI is InChI=1S/C20H28N4OS/c1-14-8-10-15(11-9-14)17(25)12-22-20(21-2)24(3)13-19-23-16-6-4-5-7-18(16)26-19/h8-11,17,25H,4-7,12-13H2,1-3H3,(H,21,22). The Labute approximate surface area is 159 Å². The Balaban J connectivity index is 1.56. The fraction of sp³-hybridized carbons (Fsp3) is 0.500. The normalized spacial score (nSPS) is 15.5. The van der Waals surface area contributed by atoms with Crippen LogP contribution in [0, 0.1) is 6.92 Å². The molecule has 1 heterocycles. The Hall–Kier alpha value is -1.92. The van der Waals surface area contributed by atoms with Crippen LogP contribution in [0.5, 0.6) is 0 Å². The summed E-state index contributed by atoms with van der Waals surface area (Å²) in [4.78, 5) is 12.7. The molecule has 1 atom stereocenters. The SMILES string of the molecule is CN=C(NCC(O)c1ccc(C)cc1)N(C)Cc1nc2c(s1)CCCC2. The molecule has 0 saturated carbocycles. The van der Waals surface area contributed by atoms with E-state index in [0.717, 1.165) is 29.5 Å². The van der Waals surface area contributed by atoms with Crippen LogP contribution in [0.3, 0.4) is 0 Å². The number of aryl methyl sites for hydroxylation is 3. The third kappa shape index (κ3) is 4.62. The Bertz CT molecular complexity index is 730. The molecule has 0 amide bonds. The van der Waals surface area contributed by atoms with Gasteiger partial charge in [0.05, 0.1) is 18.3 Å². The van der Waals surface area contributed by atoms with E-state index in [1.54, 1.807) is 7.05 Å². The lowest BCUT2D eigenvalue weighted by atomic mass is 10.0. The van der Waals surface area contributed by atoms with Crippen LogP contribution in [0.4, 0.5) is 0 Å². The van der Waals surface area contributed by atoms with Gasteiger partial charge in [0, 0.05) is 25.5 Å². The molecule has 1 aromatic carbocycles. The van der Waals surface area contributed by atoms with E-state index >= 15 is 0 Å². The quantitative estimate of drug-likeness (QED) is 0.625. The number of aliphatic hydroxyl groups excluding tert-OH is 1. The van der Waals surface area contributed by atoms with E-state index in [4.69, 9.17) is 4.98 Å². The molecule has 0 saturated heterocycles. The van der Waals surface area contributed by atoms with E-state index in [9.17, 15) is 5.11 Å². The molecule has 5 nitrogen and oxygen atoms in total. The van der Waals surface area contributed by atoms with E-state index in [1.807, 2.05) is 49.6 Å². The second-order valence-corrected chi connectivity index (χ2v) is 8.06. The lowest BCUT2D eigenvalue weighted by Crippen LogP contribution is -2.40. The van der Waals surface area contributed by atoms with Crippen LogP contribution in [0.15, 0.2) is 29.3 Å². The highest BCUT2D eigenvalue weighted by molar-refractivity contribution is 7.11. The van der Waals surface area contributed by atoms with Crippen molar-refractivity contribution in [2.24, 2.45) is 4.99 Å². The fourth-order valence-corrected chi connectivity index (χ4v) is 4.44. The first-order valence-corrected chi connectivity index (χ1v) is 10.0. The molecule has 1 aliphatic carbocycles. The number of fused-ring (bicyclic) bond motifs is 1. The van der Waals surface area contributed by atoms with Crippen molar-refractivity contribution < 1.29 is 5.11 Å². The largest absolute Gasteiger partial charge is 0.387 e. The number of aromatic nitrogens is 1. The van der Waals surface area contributed by atoms with Crippen molar-refractivity contribution in [3.63, 3.8) is 0 Å². The fourth-order valence-electron chi connectivity index (χ4n) is 3.23. The van der Waals surface area contributed by atoms with E-state index in [-0.39, 0.29) is 0 Å². The van der Waals surface area contributed by atoms with Gasteiger partial charge < -0.3 is 15.3 Å². The van der Waals surface area contributed by atoms with Gasteiger partial charge in [-0.15, -0.1) is 11.3 Å². The van der Waals surface area contributed by atoms with E-state index < -0.39 is 6.10 Å². The third-order valence-corrected chi connectivity index (χ3v) is 5.89. The summed E-state index contributed by atoms with van der Waals surface area (Å²) in [6.45, 7) is 3.20. The van der Waals surface area contributed by atoms with Crippen LogP contribution in [0.2, 0.25) is 0 Å². The maximum Gasteiger partial charge on any atom is 0.193 e. The van der Waals surface area contributed by atoms with Crippen molar-refractivity contribution in [2.75, 3.05) is 20.6 Å². The predicted octanol–water partition coefficient (Wildman–Crippen LogP) is 3.07. The molecule has 26 heavy (non-hydrogen) atoms. The maximum atomic E-state index is 10.4. The lowest BCUT2D eigenvalue weighted by molar-refractivity contribution is 0.179. The van der Waals surface area contributed by atoms with Gasteiger partial charge in [0.25, 0.3) is 0 Å². The van der Waals surface area contributed by atoms with Crippen molar-refractivity contribution in [1.82, 2.24) is 15.2 Å². The zero-order valence-corrected chi connectivity index (χ0v) is 16.6. The summed E-state index contributed by atoms with van der Waals surface area (Å²) in [5, 5.41) is 14.8. The first-order valence-electron chi connectivity index (χ1n) is 9.20. The minimum Gasteiger partial charge on any atom is -0.387 e. The third-order valence-electron chi connectivity index (χ3n) is 4.75. The molecule has 6 heteroatoms. The van der Waals surface area contributed by atoms with Crippen LogP contribution in [-0.4, -0.2) is 41.6 Å². The number of thiazole rings is 1. The number of hydrogen-bond acceptors (Lipinski definition) is 4. The van der Waals surface area contributed by atoms with Crippen molar-refractivity contribution in [3.05, 3.63) is 51.0 Å². The van der Waals surface area contributed by atoms with Crippen LogP contribution >= 0.6 is 11.3 Å². The van der Waals surface area contributed by atoms with Crippen LogP contribution in [0.1, 0.15) is 45.7 Å². The van der Waals surface area contributed by atoms with Gasteiger partial charge in [-0.1, -0.05) is 29.8 Å². The molecular weight excluding hydrogens is 344 g/mol. The van der Waals surface area contributed by atoms with Crippen LogP contribution in [0.25, 0.3) is 0 Å². The molecule has 1 unspecified atom stereocenters. The molecule has 1 aliphatic rings. The minimum atomic E-state index is -0.562. The molecule has 0 bridgehead atoms. The average molecular weight is 373 g/mol. The average Bonchev–Trinajstić information content (AvgIpc) is 3.04. The molecule has 0 radical (unpaired) electrons. The molecule has 1 aromatic heterocycles. The van der Waals surface area contributed by atoms with Gasteiger partial charge in [-0.2, -0.15) is 0 Å². The van der Waals surface area contributed by atoms with Crippen molar-refractivity contribution in [2.45, 2.75) is 45.3 Å². The number of nitrogens with one attached hydrogen (secondary N) is 1. The zero-order valence-electron chi connectivity index (χ0n) is 15.8. The Kier molecular flexibility index (Phi) is 6.27. The van der Waals surface area contributed by atoms with Gasteiger partial charge >= 0.3 is 0 Å². The summed E-state index contributed by atoms with van der Waals surface area (Å²) in [7, 11) is 3.78. The first kappa shape index (κ1) is 18.9. The number of benzene rings is 1. The Morgan fingerprint density at radius 3 is 2.73 bits per heavy atom. The Morgan fingerprint density at radius 2 is 2.04 bits per heavy atom. The number of rotatable bonds is 5. The molecule has 140 valence electrons. The predicted molar refractivity (Wildman–Crippen MR) is 108 cm³/mol. The smallest absolute Gasteiger partial charge is 0.193 e. The minimum absolute atomic E-state index is 0.425. The zero-order chi connectivity index (χ0) is 18.5. The highest BCUT2D eigenvalue weighted by atomic mass is 32.1.